The Kier molecular flexibility index (Phi) is 7.17. The van der Waals surface area contributed by atoms with Crippen molar-refractivity contribution in [3.05, 3.63) is 29.8 Å². The lowest BCUT2D eigenvalue weighted by molar-refractivity contribution is -0.131. The van der Waals surface area contributed by atoms with Gasteiger partial charge in [-0.15, -0.1) is 0 Å². The Morgan fingerprint density at radius 2 is 1.83 bits per heavy atom. The molecule has 0 unspecified atom stereocenters. The van der Waals surface area contributed by atoms with Crippen molar-refractivity contribution in [2.24, 2.45) is 5.73 Å². The normalized spacial score (nSPS) is 14.4. The first-order valence-corrected chi connectivity index (χ1v) is 7.07. The smallest absolute Gasteiger partial charge is 0.245 e. The van der Waals surface area contributed by atoms with Crippen LogP contribution in [0.15, 0.2) is 24.3 Å². The highest BCUT2D eigenvalue weighted by Crippen LogP contribution is 2.11. The van der Waals surface area contributed by atoms with E-state index in [2.05, 4.69) is 10.6 Å². The van der Waals surface area contributed by atoms with Crippen molar-refractivity contribution >= 4 is 18.1 Å². The molecule has 8 nitrogen and oxygen atoms in total. The topological polar surface area (TPSA) is 142 Å². The number of hydrogen-bond acceptors (Lipinski definition) is 6. The zero-order valence-electron chi connectivity index (χ0n) is 12.7. The van der Waals surface area contributed by atoms with E-state index in [1.165, 1.54) is 19.1 Å². The molecule has 1 aromatic carbocycles. The number of aliphatic hydroxyl groups excluding tert-OH is 1. The summed E-state index contributed by atoms with van der Waals surface area (Å²) in [5, 5.41) is 23.1. The monoisotopic (exact) mass is 323 g/mol. The van der Waals surface area contributed by atoms with Gasteiger partial charge in [-0.2, -0.15) is 0 Å². The second-order valence-electron chi connectivity index (χ2n) is 5.15. The maximum atomic E-state index is 12.0. The SMILES string of the molecule is C[C@H](N)C(=O)N[C@@H](CO)C(=O)N[C@H](C=O)Cc1ccc(O)cc1. The van der Waals surface area contributed by atoms with Crippen LogP contribution < -0.4 is 16.4 Å². The predicted octanol–water partition coefficient (Wildman–Crippen LogP) is -1.56. The molecule has 0 aromatic heterocycles. The van der Waals surface area contributed by atoms with Crippen LogP contribution in [0.4, 0.5) is 0 Å². The third-order valence-corrected chi connectivity index (χ3v) is 3.11. The highest BCUT2D eigenvalue weighted by atomic mass is 16.3. The van der Waals surface area contributed by atoms with Gasteiger partial charge >= 0.3 is 0 Å². The van der Waals surface area contributed by atoms with E-state index in [1.54, 1.807) is 12.1 Å². The molecular formula is C15H21N3O5. The number of phenols is 1. The van der Waals surface area contributed by atoms with Crippen LogP contribution >= 0.6 is 0 Å². The molecule has 126 valence electrons. The fraction of sp³-hybridized carbons (Fsp3) is 0.400. The summed E-state index contributed by atoms with van der Waals surface area (Å²) in [6.45, 7) is 0.829. The molecule has 1 aromatic rings. The Balaban J connectivity index is 2.65. The van der Waals surface area contributed by atoms with Gasteiger partial charge in [0, 0.05) is 0 Å². The number of aliphatic hydroxyl groups is 1. The van der Waals surface area contributed by atoms with Gasteiger partial charge in [-0.3, -0.25) is 9.59 Å². The molecular weight excluding hydrogens is 302 g/mol. The van der Waals surface area contributed by atoms with Crippen LogP contribution in [-0.4, -0.2) is 53.0 Å². The number of amides is 2. The van der Waals surface area contributed by atoms with Crippen LogP contribution in [0.25, 0.3) is 0 Å². The lowest BCUT2D eigenvalue weighted by Gasteiger charge is -2.20. The van der Waals surface area contributed by atoms with Gasteiger partial charge in [0.05, 0.1) is 18.7 Å². The van der Waals surface area contributed by atoms with Crippen LogP contribution in [0, 0.1) is 0 Å². The fourth-order valence-electron chi connectivity index (χ4n) is 1.80. The standard InChI is InChI=1S/C15H21N3O5/c1-9(16)14(22)18-13(8-20)15(23)17-11(7-19)6-10-2-4-12(21)5-3-10/h2-5,7,9,11,13,20-21H,6,8,16H2,1H3,(H,17,23)(H,18,22)/t9-,11-,13-/m0/s1. The molecule has 0 aliphatic heterocycles. The maximum absolute atomic E-state index is 12.0. The zero-order valence-corrected chi connectivity index (χ0v) is 12.7. The highest BCUT2D eigenvalue weighted by molar-refractivity contribution is 5.90. The lowest BCUT2D eigenvalue weighted by Crippen LogP contribution is -2.54. The van der Waals surface area contributed by atoms with E-state index < -0.39 is 36.5 Å². The van der Waals surface area contributed by atoms with Crippen molar-refractivity contribution in [3.63, 3.8) is 0 Å². The summed E-state index contributed by atoms with van der Waals surface area (Å²) < 4.78 is 0. The number of carbonyl (C=O) groups is 3. The van der Waals surface area contributed by atoms with Gasteiger partial charge in [-0.25, -0.2) is 0 Å². The summed E-state index contributed by atoms with van der Waals surface area (Å²) in [6, 6.07) is 3.36. The molecule has 1 rings (SSSR count). The van der Waals surface area contributed by atoms with Crippen molar-refractivity contribution in [1.82, 2.24) is 10.6 Å². The number of nitrogens with two attached hydrogens (primary N) is 1. The minimum absolute atomic E-state index is 0.0967. The van der Waals surface area contributed by atoms with Crippen molar-refractivity contribution in [2.75, 3.05) is 6.61 Å². The van der Waals surface area contributed by atoms with Crippen molar-refractivity contribution in [3.8, 4) is 5.75 Å². The molecule has 0 heterocycles. The Hall–Kier alpha value is -2.45. The predicted molar refractivity (Wildman–Crippen MR) is 82.5 cm³/mol. The van der Waals surface area contributed by atoms with Crippen LogP contribution in [0.5, 0.6) is 5.75 Å². The Morgan fingerprint density at radius 3 is 2.30 bits per heavy atom. The molecule has 3 atom stereocenters. The molecule has 0 spiro atoms. The Morgan fingerprint density at radius 1 is 1.22 bits per heavy atom. The summed E-state index contributed by atoms with van der Waals surface area (Å²) in [5.41, 5.74) is 6.12. The molecule has 0 aliphatic carbocycles. The molecule has 0 aliphatic rings. The molecule has 6 N–H and O–H groups in total. The first-order valence-electron chi connectivity index (χ1n) is 7.07. The van der Waals surface area contributed by atoms with Crippen molar-refractivity contribution < 1.29 is 24.6 Å². The number of nitrogens with one attached hydrogen (secondary N) is 2. The number of aldehydes is 1. The van der Waals surface area contributed by atoms with Gasteiger partial charge in [0.15, 0.2) is 0 Å². The van der Waals surface area contributed by atoms with Crippen LogP contribution in [0.3, 0.4) is 0 Å². The van der Waals surface area contributed by atoms with E-state index in [9.17, 15) is 24.6 Å². The fourth-order valence-corrected chi connectivity index (χ4v) is 1.80. The average molecular weight is 323 g/mol. The van der Waals surface area contributed by atoms with Gasteiger partial charge in [0.1, 0.15) is 18.1 Å². The molecule has 23 heavy (non-hydrogen) atoms. The summed E-state index contributed by atoms with van der Waals surface area (Å²) >= 11 is 0. The highest BCUT2D eigenvalue weighted by Gasteiger charge is 2.23. The lowest BCUT2D eigenvalue weighted by atomic mass is 10.1. The van der Waals surface area contributed by atoms with Crippen LogP contribution in [0.2, 0.25) is 0 Å². The van der Waals surface area contributed by atoms with Gasteiger partial charge in [-0.1, -0.05) is 12.1 Å². The first kappa shape index (κ1) is 18.6. The Bertz CT molecular complexity index is 545. The molecule has 0 bridgehead atoms. The second-order valence-corrected chi connectivity index (χ2v) is 5.15. The molecule has 8 heteroatoms. The van der Waals surface area contributed by atoms with Gasteiger partial charge in [0.2, 0.25) is 11.8 Å². The van der Waals surface area contributed by atoms with Crippen molar-refractivity contribution in [2.45, 2.75) is 31.5 Å². The van der Waals surface area contributed by atoms with E-state index in [-0.39, 0.29) is 12.2 Å². The molecule has 0 saturated carbocycles. The molecule has 2 amide bonds. The van der Waals surface area contributed by atoms with E-state index in [1.807, 2.05) is 0 Å². The van der Waals surface area contributed by atoms with E-state index in [0.29, 0.717) is 6.29 Å². The summed E-state index contributed by atoms with van der Waals surface area (Å²) in [7, 11) is 0. The number of carbonyl (C=O) groups excluding carboxylic acids is 3. The first-order chi connectivity index (χ1) is 10.9. The molecule has 0 fully saturated rings. The quantitative estimate of drug-likeness (QED) is 0.366. The minimum atomic E-state index is -1.18. The van der Waals surface area contributed by atoms with Crippen LogP contribution in [0.1, 0.15) is 12.5 Å². The van der Waals surface area contributed by atoms with Gasteiger partial charge < -0.3 is 31.4 Å². The number of aromatic hydroxyl groups is 1. The molecule has 0 saturated heterocycles. The Labute approximate surface area is 133 Å². The number of phenolic OH excluding ortho intramolecular Hbond substituents is 1. The van der Waals surface area contributed by atoms with Gasteiger partial charge in [0.25, 0.3) is 0 Å². The third-order valence-electron chi connectivity index (χ3n) is 3.11. The minimum Gasteiger partial charge on any atom is -0.508 e. The average Bonchev–Trinajstić information content (AvgIpc) is 2.53. The third kappa shape index (κ3) is 6.05. The second kappa shape index (κ2) is 8.86. The summed E-state index contributed by atoms with van der Waals surface area (Å²) in [4.78, 5) is 34.6. The zero-order chi connectivity index (χ0) is 17.4. The maximum Gasteiger partial charge on any atom is 0.245 e. The van der Waals surface area contributed by atoms with E-state index in [0.717, 1.165) is 5.56 Å². The number of hydrogen-bond donors (Lipinski definition) is 5. The number of rotatable bonds is 8. The van der Waals surface area contributed by atoms with Crippen molar-refractivity contribution in [1.29, 1.82) is 0 Å². The summed E-state index contributed by atoms with van der Waals surface area (Å²) in [6.07, 6.45) is 0.779. The van der Waals surface area contributed by atoms with E-state index in [4.69, 9.17) is 5.73 Å². The molecule has 0 radical (unpaired) electrons. The number of benzene rings is 1. The largest absolute Gasteiger partial charge is 0.508 e. The summed E-state index contributed by atoms with van der Waals surface area (Å²) in [5.74, 6) is -1.17. The van der Waals surface area contributed by atoms with E-state index >= 15 is 0 Å². The van der Waals surface area contributed by atoms with Gasteiger partial charge in [-0.05, 0) is 31.0 Å². The van der Waals surface area contributed by atoms with Crippen LogP contribution in [-0.2, 0) is 20.8 Å².